The molecule has 0 aromatic heterocycles. The van der Waals surface area contributed by atoms with Gasteiger partial charge in [-0.2, -0.15) is 0 Å². The van der Waals surface area contributed by atoms with Crippen LogP contribution in [0.25, 0.3) is 0 Å². The van der Waals surface area contributed by atoms with Crippen LogP contribution in [0.2, 0.25) is 0 Å². The molecule has 0 unspecified atom stereocenters. The van der Waals surface area contributed by atoms with Crippen LogP contribution >= 0.6 is 23.2 Å². The highest BCUT2D eigenvalue weighted by molar-refractivity contribution is 6.31. The molecule has 0 spiro atoms. The van der Waals surface area contributed by atoms with Crippen LogP contribution in [0.5, 0.6) is 0 Å². The lowest BCUT2D eigenvalue weighted by atomic mass is 9.62. The maximum Gasteiger partial charge on any atom is 0.0618 e. The van der Waals surface area contributed by atoms with E-state index in [1.807, 2.05) is 0 Å². The molecule has 0 fully saturated rings. The molecule has 0 N–H and O–H groups in total. The van der Waals surface area contributed by atoms with E-state index >= 15 is 0 Å². The highest BCUT2D eigenvalue weighted by Gasteiger charge is 2.48. The van der Waals surface area contributed by atoms with Gasteiger partial charge in [0.25, 0.3) is 0 Å². The zero-order valence-electron chi connectivity index (χ0n) is 13.4. The Kier molecular flexibility index (Phi) is 3.16. The summed E-state index contributed by atoms with van der Waals surface area (Å²) in [5.41, 5.74) is 10.9. The smallest absolute Gasteiger partial charge is 0.0618 e. The predicted octanol–water partition coefficient (Wildman–Crippen LogP) is 5.73. The third-order valence-corrected chi connectivity index (χ3v) is 6.86. The summed E-state index contributed by atoms with van der Waals surface area (Å²) in [4.78, 5) is 0. The molecule has 0 radical (unpaired) electrons. The van der Waals surface area contributed by atoms with E-state index in [2.05, 4.69) is 52.0 Å². The van der Waals surface area contributed by atoms with Crippen molar-refractivity contribution < 1.29 is 0 Å². The van der Waals surface area contributed by atoms with E-state index in [4.69, 9.17) is 23.2 Å². The maximum atomic E-state index is 6.77. The molecule has 2 aromatic rings. The molecule has 3 aliphatic rings. The number of benzene rings is 2. The summed E-state index contributed by atoms with van der Waals surface area (Å²) in [6.07, 6.45) is 0. The van der Waals surface area contributed by atoms with Crippen molar-refractivity contribution in [2.75, 3.05) is 0 Å². The first-order valence-electron chi connectivity index (χ1n) is 7.90. The number of halogens is 2. The average molecular weight is 331 g/mol. The summed E-state index contributed by atoms with van der Waals surface area (Å²) in [6, 6.07) is 9.33. The molecule has 2 bridgehead atoms. The first-order valence-corrected chi connectivity index (χ1v) is 8.77. The summed E-state index contributed by atoms with van der Waals surface area (Å²) in [5, 5.41) is -0.0632. The van der Waals surface area contributed by atoms with Gasteiger partial charge in [-0.05, 0) is 72.2 Å². The van der Waals surface area contributed by atoms with Crippen LogP contribution in [0, 0.1) is 27.7 Å². The molecular formula is C20H20Cl2. The highest BCUT2D eigenvalue weighted by Crippen LogP contribution is 2.57. The molecule has 0 amide bonds. The quantitative estimate of drug-likeness (QED) is 0.541. The van der Waals surface area contributed by atoms with Crippen LogP contribution < -0.4 is 0 Å². The van der Waals surface area contributed by atoms with E-state index in [1.165, 1.54) is 44.5 Å². The molecule has 0 saturated carbocycles. The molecule has 2 aromatic carbocycles. The first kappa shape index (κ1) is 14.6. The van der Waals surface area contributed by atoms with Gasteiger partial charge in [0, 0.05) is 11.8 Å². The van der Waals surface area contributed by atoms with Gasteiger partial charge in [-0.15, -0.1) is 23.2 Å². The third-order valence-electron chi connectivity index (χ3n) is 5.68. The first-order chi connectivity index (χ1) is 10.4. The topological polar surface area (TPSA) is 0 Å². The van der Waals surface area contributed by atoms with Gasteiger partial charge >= 0.3 is 0 Å². The van der Waals surface area contributed by atoms with Crippen LogP contribution in [0.4, 0.5) is 0 Å². The SMILES string of the molecule is Cc1cc2c(cc1C)C1c3cc(C)c(C)cc3C2[C@@H](Cl)[C@H]1Cl. The number of hydrogen-bond acceptors (Lipinski definition) is 0. The Morgan fingerprint density at radius 1 is 0.545 bits per heavy atom. The lowest BCUT2D eigenvalue weighted by Crippen LogP contribution is -2.42. The molecule has 3 aliphatic carbocycles. The fourth-order valence-electron chi connectivity index (χ4n) is 4.19. The summed E-state index contributed by atoms with van der Waals surface area (Å²) >= 11 is 13.5. The minimum atomic E-state index is -0.0316. The number of alkyl halides is 2. The molecule has 0 saturated heterocycles. The fourth-order valence-corrected chi connectivity index (χ4v) is 5.02. The molecule has 114 valence electrons. The van der Waals surface area contributed by atoms with Crippen LogP contribution in [0.1, 0.15) is 56.3 Å². The van der Waals surface area contributed by atoms with E-state index in [0.717, 1.165) is 0 Å². The molecule has 22 heavy (non-hydrogen) atoms. The number of aryl methyl sites for hydroxylation is 4. The second kappa shape index (κ2) is 4.76. The minimum Gasteiger partial charge on any atom is -0.120 e. The highest BCUT2D eigenvalue weighted by atomic mass is 35.5. The zero-order chi connectivity index (χ0) is 15.8. The number of fused-ring (bicyclic) bond motifs is 1. The zero-order valence-corrected chi connectivity index (χ0v) is 14.9. The monoisotopic (exact) mass is 330 g/mol. The van der Waals surface area contributed by atoms with Crippen molar-refractivity contribution in [1.29, 1.82) is 0 Å². The number of rotatable bonds is 0. The van der Waals surface area contributed by atoms with Gasteiger partial charge in [0.15, 0.2) is 0 Å². The van der Waals surface area contributed by atoms with Gasteiger partial charge < -0.3 is 0 Å². The second-order valence-corrected chi connectivity index (χ2v) is 7.98. The van der Waals surface area contributed by atoms with Crippen LogP contribution in [-0.4, -0.2) is 10.8 Å². The molecule has 5 rings (SSSR count). The van der Waals surface area contributed by atoms with Crippen molar-refractivity contribution in [3.8, 4) is 0 Å². The van der Waals surface area contributed by atoms with Crippen molar-refractivity contribution in [2.45, 2.75) is 50.3 Å². The minimum absolute atomic E-state index is 0.0316. The Hall–Kier alpha value is -0.980. The molecule has 0 nitrogen and oxygen atoms in total. The lowest BCUT2D eigenvalue weighted by Gasteiger charge is -2.47. The van der Waals surface area contributed by atoms with Crippen LogP contribution in [0.3, 0.4) is 0 Å². The predicted molar refractivity (Wildman–Crippen MR) is 94.8 cm³/mol. The van der Waals surface area contributed by atoms with Crippen molar-refractivity contribution in [1.82, 2.24) is 0 Å². The summed E-state index contributed by atoms with van der Waals surface area (Å²) in [5.74, 6) is 0.440. The van der Waals surface area contributed by atoms with E-state index in [1.54, 1.807) is 0 Å². The molecule has 0 heterocycles. The van der Waals surface area contributed by atoms with Gasteiger partial charge in [0.2, 0.25) is 0 Å². The molecular weight excluding hydrogens is 311 g/mol. The van der Waals surface area contributed by atoms with Crippen LogP contribution in [-0.2, 0) is 0 Å². The third kappa shape index (κ3) is 1.77. The largest absolute Gasteiger partial charge is 0.120 e. The second-order valence-electron chi connectivity index (χ2n) is 6.97. The Labute approximate surface area is 142 Å². The normalized spacial score (nSPS) is 28.5. The van der Waals surface area contributed by atoms with E-state index in [9.17, 15) is 0 Å². The van der Waals surface area contributed by atoms with Crippen molar-refractivity contribution >= 4 is 23.2 Å². The number of hydrogen-bond donors (Lipinski definition) is 0. The van der Waals surface area contributed by atoms with Gasteiger partial charge in [0.1, 0.15) is 0 Å². The van der Waals surface area contributed by atoms with Crippen molar-refractivity contribution in [3.63, 3.8) is 0 Å². The standard InChI is InChI=1S/C20H20Cl2/c1-9-5-13-14(6-10(9)2)18-16-8-12(4)11(3)7-15(16)17(13)19(21)20(18)22/h5-8,17-20H,1-4H3/t17?,18?,19-,20+. The Bertz CT molecular complexity index is 665. The summed E-state index contributed by atoms with van der Waals surface area (Å²) < 4.78 is 0. The Morgan fingerprint density at radius 2 is 0.773 bits per heavy atom. The molecule has 0 aliphatic heterocycles. The maximum absolute atomic E-state index is 6.77. The van der Waals surface area contributed by atoms with Gasteiger partial charge in [-0.1, -0.05) is 24.3 Å². The summed E-state index contributed by atoms with van der Waals surface area (Å²) in [7, 11) is 0. The van der Waals surface area contributed by atoms with E-state index in [-0.39, 0.29) is 22.6 Å². The van der Waals surface area contributed by atoms with E-state index in [0.29, 0.717) is 0 Å². The Morgan fingerprint density at radius 3 is 1.00 bits per heavy atom. The van der Waals surface area contributed by atoms with Gasteiger partial charge in [0.05, 0.1) is 10.8 Å². The van der Waals surface area contributed by atoms with Crippen molar-refractivity contribution in [2.24, 2.45) is 0 Å². The van der Waals surface area contributed by atoms with Crippen LogP contribution in [0.15, 0.2) is 24.3 Å². The van der Waals surface area contributed by atoms with E-state index < -0.39 is 0 Å². The Balaban J connectivity index is 2.05. The molecule has 2 heteroatoms. The van der Waals surface area contributed by atoms with Gasteiger partial charge in [-0.25, -0.2) is 0 Å². The van der Waals surface area contributed by atoms with Gasteiger partial charge in [-0.3, -0.25) is 0 Å². The molecule has 2 atom stereocenters. The fraction of sp³-hybridized carbons (Fsp3) is 0.400. The van der Waals surface area contributed by atoms with Crippen molar-refractivity contribution in [3.05, 3.63) is 68.8 Å². The lowest BCUT2D eigenvalue weighted by molar-refractivity contribution is 0.533. The summed E-state index contributed by atoms with van der Waals surface area (Å²) in [6.45, 7) is 8.72. The average Bonchev–Trinajstić information content (AvgIpc) is 2.46.